The standard InChI is InChI=1S/C15H23N3O/c1-11-4-3-5-12(2)15(11)17-9-14(19)18-7-6-13(8-16)10-18/h3-5,13,17H,6-10,16H2,1-2H3. The molecule has 1 aliphatic rings. The number of amides is 1. The van der Waals surface area contributed by atoms with E-state index in [1.807, 2.05) is 11.0 Å². The second-order valence-corrected chi connectivity index (χ2v) is 5.35. The van der Waals surface area contributed by atoms with E-state index in [2.05, 4.69) is 31.3 Å². The first-order valence-electron chi connectivity index (χ1n) is 6.89. The number of rotatable bonds is 4. The third-order valence-electron chi connectivity index (χ3n) is 3.87. The molecule has 19 heavy (non-hydrogen) atoms. The molecule has 1 unspecified atom stereocenters. The Morgan fingerprint density at radius 3 is 2.68 bits per heavy atom. The number of nitrogens with two attached hydrogens (primary N) is 1. The summed E-state index contributed by atoms with van der Waals surface area (Å²) in [5, 5.41) is 3.27. The van der Waals surface area contributed by atoms with Gasteiger partial charge >= 0.3 is 0 Å². The van der Waals surface area contributed by atoms with Crippen LogP contribution in [-0.4, -0.2) is 37.0 Å². The first-order chi connectivity index (χ1) is 9.11. The molecular formula is C15H23N3O. The fourth-order valence-electron chi connectivity index (χ4n) is 2.62. The summed E-state index contributed by atoms with van der Waals surface area (Å²) in [5.41, 5.74) is 9.07. The lowest BCUT2D eigenvalue weighted by molar-refractivity contribution is -0.128. The van der Waals surface area contributed by atoms with Crippen molar-refractivity contribution in [1.82, 2.24) is 4.90 Å². The van der Waals surface area contributed by atoms with E-state index in [4.69, 9.17) is 5.73 Å². The predicted molar refractivity (Wildman–Crippen MR) is 78.1 cm³/mol. The van der Waals surface area contributed by atoms with Gasteiger partial charge in [-0.05, 0) is 43.9 Å². The highest BCUT2D eigenvalue weighted by atomic mass is 16.2. The van der Waals surface area contributed by atoms with Gasteiger partial charge in [0, 0.05) is 18.8 Å². The van der Waals surface area contributed by atoms with Crippen LogP contribution in [0.2, 0.25) is 0 Å². The lowest BCUT2D eigenvalue weighted by atomic mass is 10.1. The molecule has 0 radical (unpaired) electrons. The molecular weight excluding hydrogens is 238 g/mol. The van der Waals surface area contributed by atoms with Crippen molar-refractivity contribution in [1.29, 1.82) is 0 Å². The molecule has 1 aromatic carbocycles. The van der Waals surface area contributed by atoms with Crippen molar-refractivity contribution >= 4 is 11.6 Å². The Morgan fingerprint density at radius 2 is 2.11 bits per heavy atom. The molecule has 1 heterocycles. The molecule has 1 aliphatic heterocycles. The summed E-state index contributed by atoms with van der Waals surface area (Å²) < 4.78 is 0. The first kappa shape index (κ1) is 13.9. The monoisotopic (exact) mass is 261 g/mol. The van der Waals surface area contributed by atoms with Gasteiger partial charge in [0.15, 0.2) is 0 Å². The number of benzene rings is 1. The molecule has 3 N–H and O–H groups in total. The third kappa shape index (κ3) is 3.26. The number of carbonyl (C=O) groups is 1. The lowest BCUT2D eigenvalue weighted by Gasteiger charge is -2.18. The lowest BCUT2D eigenvalue weighted by Crippen LogP contribution is -2.34. The van der Waals surface area contributed by atoms with Crippen LogP contribution in [0.15, 0.2) is 18.2 Å². The predicted octanol–water partition coefficient (Wildman–Crippen LogP) is 1.52. The van der Waals surface area contributed by atoms with E-state index in [9.17, 15) is 4.79 Å². The Hall–Kier alpha value is -1.55. The van der Waals surface area contributed by atoms with Crippen LogP contribution in [-0.2, 0) is 4.79 Å². The highest BCUT2D eigenvalue weighted by Gasteiger charge is 2.24. The molecule has 0 bridgehead atoms. The van der Waals surface area contributed by atoms with Gasteiger partial charge in [0.1, 0.15) is 0 Å². The van der Waals surface area contributed by atoms with Crippen LogP contribution in [0.4, 0.5) is 5.69 Å². The average Bonchev–Trinajstić information content (AvgIpc) is 2.86. The van der Waals surface area contributed by atoms with Gasteiger partial charge in [-0.2, -0.15) is 0 Å². The topological polar surface area (TPSA) is 58.4 Å². The summed E-state index contributed by atoms with van der Waals surface area (Å²) in [5.74, 6) is 0.641. The van der Waals surface area contributed by atoms with Crippen LogP contribution in [0.1, 0.15) is 17.5 Å². The van der Waals surface area contributed by atoms with Gasteiger partial charge in [0.25, 0.3) is 0 Å². The van der Waals surface area contributed by atoms with Gasteiger partial charge in [-0.1, -0.05) is 18.2 Å². The molecule has 1 aromatic rings. The largest absolute Gasteiger partial charge is 0.376 e. The third-order valence-corrected chi connectivity index (χ3v) is 3.87. The van der Waals surface area contributed by atoms with Gasteiger partial charge in [0.05, 0.1) is 6.54 Å². The quantitative estimate of drug-likeness (QED) is 0.864. The Morgan fingerprint density at radius 1 is 1.42 bits per heavy atom. The van der Waals surface area contributed by atoms with Crippen molar-refractivity contribution < 1.29 is 4.79 Å². The van der Waals surface area contributed by atoms with Gasteiger partial charge in [0.2, 0.25) is 5.91 Å². The van der Waals surface area contributed by atoms with Crippen molar-refractivity contribution in [2.45, 2.75) is 20.3 Å². The number of anilines is 1. The maximum atomic E-state index is 12.1. The molecule has 4 heteroatoms. The minimum absolute atomic E-state index is 0.165. The zero-order valence-electron chi connectivity index (χ0n) is 11.8. The number of aryl methyl sites for hydroxylation is 2. The van der Waals surface area contributed by atoms with E-state index in [1.54, 1.807) is 0 Å². The van der Waals surface area contributed by atoms with E-state index in [1.165, 1.54) is 11.1 Å². The molecule has 1 fully saturated rings. The molecule has 0 aliphatic carbocycles. The fraction of sp³-hybridized carbons (Fsp3) is 0.533. The molecule has 1 saturated heterocycles. The van der Waals surface area contributed by atoms with E-state index in [-0.39, 0.29) is 5.91 Å². The Balaban J connectivity index is 1.90. The van der Waals surface area contributed by atoms with Crippen LogP contribution in [0.25, 0.3) is 0 Å². The smallest absolute Gasteiger partial charge is 0.241 e. The van der Waals surface area contributed by atoms with Crippen LogP contribution < -0.4 is 11.1 Å². The molecule has 0 saturated carbocycles. The minimum Gasteiger partial charge on any atom is -0.376 e. The molecule has 0 aromatic heterocycles. The summed E-state index contributed by atoms with van der Waals surface area (Å²) in [6.45, 7) is 6.80. The van der Waals surface area contributed by atoms with Crippen LogP contribution >= 0.6 is 0 Å². The highest BCUT2D eigenvalue weighted by molar-refractivity contribution is 5.81. The average molecular weight is 261 g/mol. The van der Waals surface area contributed by atoms with Crippen LogP contribution in [0.5, 0.6) is 0 Å². The van der Waals surface area contributed by atoms with E-state index < -0.39 is 0 Å². The summed E-state index contributed by atoms with van der Waals surface area (Å²) in [6, 6.07) is 6.14. The Bertz CT molecular complexity index is 438. The number of nitrogens with one attached hydrogen (secondary N) is 1. The van der Waals surface area contributed by atoms with Gasteiger partial charge in [-0.15, -0.1) is 0 Å². The van der Waals surface area contributed by atoms with Crippen molar-refractivity contribution in [3.8, 4) is 0 Å². The van der Waals surface area contributed by atoms with E-state index in [0.29, 0.717) is 19.0 Å². The van der Waals surface area contributed by atoms with Gasteiger partial charge in [-0.3, -0.25) is 4.79 Å². The van der Waals surface area contributed by atoms with Crippen molar-refractivity contribution in [3.63, 3.8) is 0 Å². The second-order valence-electron chi connectivity index (χ2n) is 5.35. The van der Waals surface area contributed by atoms with Gasteiger partial charge in [-0.25, -0.2) is 0 Å². The molecule has 1 amide bonds. The van der Waals surface area contributed by atoms with Crippen molar-refractivity contribution in [2.24, 2.45) is 11.7 Å². The maximum Gasteiger partial charge on any atom is 0.241 e. The number of carbonyl (C=O) groups excluding carboxylic acids is 1. The van der Waals surface area contributed by atoms with E-state index in [0.717, 1.165) is 25.2 Å². The SMILES string of the molecule is Cc1cccc(C)c1NCC(=O)N1CCC(CN)C1. The summed E-state index contributed by atoms with van der Waals surface area (Å²) in [7, 11) is 0. The van der Waals surface area contributed by atoms with Crippen molar-refractivity contribution in [3.05, 3.63) is 29.3 Å². The number of hydrogen-bond acceptors (Lipinski definition) is 3. The fourth-order valence-corrected chi connectivity index (χ4v) is 2.62. The van der Waals surface area contributed by atoms with Crippen molar-refractivity contribution in [2.75, 3.05) is 31.5 Å². The minimum atomic E-state index is 0.165. The zero-order chi connectivity index (χ0) is 13.8. The Kier molecular flexibility index (Phi) is 4.43. The number of likely N-dealkylation sites (tertiary alicyclic amines) is 1. The summed E-state index contributed by atoms with van der Waals surface area (Å²) in [6.07, 6.45) is 1.03. The summed E-state index contributed by atoms with van der Waals surface area (Å²) >= 11 is 0. The number of para-hydroxylation sites is 1. The highest BCUT2D eigenvalue weighted by Crippen LogP contribution is 2.20. The first-order valence-corrected chi connectivity index (χ1v) is 6.89. The molecule has 104 valence electrons. The Labute approximate surface area is 115 Å². The second kappa shape index (κ2) is 6.06. The van der Waals surface area contributed by atoms with Crippen LogP contribution in [0.3, 0.4) is 0 Å². The van der Waals surface area contributed by atoms with E-state index >= 15 is 0 Å². The molecule has 0 spiro atoms. The summed E-state index contributed by atoms with van der Waals surface area (Å²) in [4.78, 5) is 14.0. The maximum absolute atomic E-state index is 12.1. The molecule has 4 nitrogen and oxygen atoms in total. The normalized spacial score (nSPS) is 18.7. The number of hydrogen-bond donors (Lipinski definition) is 2. The van der Waals surface area contributed by atoms with Crippen LogP contribution in [0, 0.1) is 19.8 Å². The zero-order valence-corrected chi connectivity index (χ0v) is 11.8. The molecule has 1 atom stereocenters. The number of nitrogens with zero attached hydrogens (tertiary/aromatic N) is 1. The van der Waals surface area contributed by atoms with Gasteiger partial charge < -0.3 is 16.0 Å². The molecule has 2 rings (SSSR count).